The third-order valence-electron chi connectivity index (χ3n) is 2.52. The number of aromatic nitrogens is 1. The van der Waals surface area contributed by atoms with Gasteiger partial charge < -0.3 is 14.8 Å². The number of hydrogen-bond donors (Lipinski definition) is 2. The molecule has 1 aromatic carbocycles. The second kappa shape index (κ2) is 7.01. The van der Waals surface area contributed by atoms with Crippen molar-refractivity contribution in [3.8, 4) is 5.75 Å². The zero-order chi connectivity index (χ0) is 16.2. The average molecular weight is 345 g/mol. The number of fused-ring (bicyclic) bond motifs is 1. The van der Waals surface area contributed by atoms with Gasteiger partial charge in [-0.2, -0.15) is 0 Å². The van der Waals surface area contributed by atoms with E-state index in [2.05, 4.69) is 10.3 Å². The van der Waals surface area contributed by atoms with Gasteiger partial charge in [-0.05, 0) is 25.2 Å². The van der Waals surface area contributed by atoms with E-state index >= 15 is 0 Å². The van der Waals surface area contributed by atoms with Gasteiger partial charge in [0.1, 0.15) is 19.0 Å². The molecule has 0 amide bonds. The minimum absolute atomic E-state index is 0.129. The number of carbonyl (C=O) groups excluding carboxylic acids is 1. The van der Waals surface area contributed by atoms with E-state index in [1.807, 2.05) is 0 Å². The summed E-state index contributed by atoms with van der Waals surface area (Å²) < 4.78 is 33.4. The van der Waals surface area contributed by atoms with E-state index in [4.69, 9.17) is 14.6 Å². The number of nitrogens with zero attached hydrogens (tertiary/aromatic N) is 1. The summed E-state index contributed by atoms with van der Waals surface area (Å²) in [5.41, 5.74) is 0.529. The van der Waals surface area contributed by atoms with Crippen molar-refractivity contribution in [2.24, 2.45) is 5.14 Å². The number of nitrogens with two attached hydrogens (primary N) is 1. The predicted octanol–water partition coefficient (Wildman–Crippen LogP) is 0.0851. The van der Waals surface area contributed by atoms with E-state index in [-0.39, 0.29) is 30.1 Å². The second-order valence-corrected chi connectivity index (χ2v) is 7.02. The molecule has 0 aliphatic heterocycles. The van der Waals surface area contributed by atoms with Crippen molar-refractivity contribution in [2.75, 3.05) is 26.8 Å². The van der Waals surface area contributed by atoms with Crippen molar-refractivity contribution < 1.29 is 22.7 Å². The van der Waals surface area contributed by atoms with Crippen LogP contribution in [0.1, 0.15) is 0 Å². The van der Waals surface area contributed by atoms with Crippen LogP contribution in [0.15, 0.2) is 22.5 Å². The highest BCUT2D eigenvalue weighted by Crippen LogP contribution is 2.28. The van der Waals surface area contributed by atoms with Crippen molar-refractivity contribution in [1.29, 1.82) is 0 Å². The highest BCUT2D eigenvalue weighted by atomic mass is 32.2. The third-order valence-corrected chi connectivity index (χ3v) is 4.86. The first-order valence-corrected chi connectivity index (χ1v) is 8.63. The van der Waals surface area contributed by atoms with Crippen molar-refractivity contribution in [1.82, 2.24) is 10.3 Å². The van der Waals surface area contributed by atoms with Gasteiger partial charge in [0.2, 0.25) is 4.34 Å². The minimum atomic E-state index is -3.81. The summed E-state index contributed by atoms with van der Waals surface area (Å²) in [5, 5.41) is 7.73. The van der Waals surface area contributed by atoms with Crippen LogP contribution < -0.4 is 15.2 Å². The summed E-state index contributed by atoms with van der Waals surface area (Å²) in [6.45, 7) is 0.467. The fourth-order valence-corrected chi connectivity index (χ4v) is 3.29. The lowest BCUT2D eigenvalue weighted by atomic mass is 10.3. The van der Waals surface area contributed by atoms with Crippen molar-refractivity contribution >= 4 is 37.5 Å². The van der Waals surface area contributed by atoms with Gasteiger partial charge in [-0.25, -0.2) is 18.5 Å². The number of esters is 1. The fourth-order valence-electron chi connectivity index (χ4n) is 1.61. The van der Waals surface area contributed by atoms with Crippen LogP contribution in [0.3, 0.4) is 0 Å². The molecule has 0 unspecified atom stereocenters. The van der Waals surface area contributed by atoms with Gasteiger partial charge in [0.15, 0.2) is 0 Å². The molecule has 1 heterocycles. The topological polar surface area (TPSA) is 121 Å². The number of thiazole rings is 1. The number of primary sulfonamides is 1. The molecular formula is C12H15N3O5S2. The molecule has 0 spiro atoms. The van der Waals surface area contributed by atoms with Crippen LogP contribution >= 0.6 is 11.3 Å². The molecule has 1 aromatic heterocycles. The molecule has 0 fully saturated rings. The lowest BCUT2D eigenvalue weighted by Crippen LogP contribution is -2.22. The minimum Gasteiger partial charge on any atom is -0.490 e. The van der Waals surface area contributed by atoms with Crippen LogP contribution in [0.2, 0.25) is 0 Å². The Bertz CT molecular complexity index is 772. The zero-order valence-electron chi connectivity index (χ0n) is 11.7. The van der Waals surface area contributed by atoms with E-state index in [9.17, 15) is 13.2 Å². The molecule has 0 aliphatic rings. The monoisotopic (exact) mass is 345 g/mol. The Labute approximate surface area is 131 Å². The van der Waals surface area contributed by atoms with Crippen LogP contribution in [0.5, 0.6) is 5.75 Å². The molecule has 8 nitrogen and oxygen atoms in total. The molecule has 0 aliphatic carbocycles. The van der Waals surface area contributed by atoms with E-state index in [0.717, 1.165) is 11.3 Å². The Hall–Kier alpha value is -1.75. The van der Waals surface area contributed by atoms with Gasteiger partial charge in [0, 0.05) is 0 Å². The Morgan fingerprint density at radius 1 is 1.41 bits per heavy atom. The lowest BCUT2D eigenvalue weighted by molar-refractivity contribution is -0.143. The van der Waals surface area contributed by atoms with Crippen molar-refractivity contribution in [3.05, 3.63) is 18.2 Å². The summed E-state index contributed by atoms with van der Waals surface area (Å²) in [5.74, 6) is 0.170. The fraction of sp³-hybridized carbons (Fsp3) is 0.333. The Morgan fingerprint density at radius 2 is 2.18 bits per heavy atom. The van der Waals surface area contributed by atoms with Crippen molar-refractivity contribution in [3.63, 3.8) is 0 Å². The quantitative estimate of drug-likeness (QED) is 0.538. The molecule has 0 saturated carbocycles. The zero-order valence-corrected chi connectivity index (χ0v) is 13.4. The van der Waals surface area contributed by atoms with Gasteiger partial charge in [-0.3, -0.25) is 4.79 Å². The maximum atomic E-state index is 11.3. The molecule has 120 valence electrons. The van der Waals surface area contributed by atoms with Crippen LogP contribution in [0.25, 0.3) is 10.2 Å². The maximum Gasteiger partial charge on any atom is 0.320 e. The van der Waals surface area contributed by atoms with Gasteiger partial charge >= 0.3 is 5.97 Å². The number of rotatable bonds is 7. The number of carbonyl (C=O) groups is 1. The van der Waals surface area contributed by atoms with Crippen molar-refractivity contribution in [2.45, 2.75) is 4.34 Å². The Kier molecular flexibility index (Phi) is 5.29. The summed E-state index contributed by atoms with van der Waals surface area (Å²) >= 11 is 0.971. The smallest absolute Gasteiger partial charge is 0.320 e. The van der Waals surface area contributed by atoms with E-state index < -0.39 is 10.0 Å². The molecular weight excluding hydrogens is 330 g/mol. The highest BCUT2D eigenvalue weighted by Gasteiger charge is 2.14. The third kappa shape index (κ3) is 4.37. The molecule has 3 N–H and O–H groups in total. The van der Waals surface area contributed by atoms with E-state index in [0.29, 0.717) is 16.0 Å². The SMILES string of the molecule is CNCC(=O)OCCOc1ccc2nc(S(N)(=O)=O)sc2c1. The molecule has 0 radical (unpaired) electrons. The predicted molar refractivity (Wildman–Crippen MR) is 81.4 cm³/mol. The molecule has 2 aromatic rings. The van der Waals surface area contributed by atoms with E-state index in [1.165, 1.54) is 0 Å². The Morgan fingerprint density at radius 3 is 2.86 bits per heavy atom. The first-order valence-electron chi connectivity index (χ1n) is 6.26. The maximum absolute atomic E-state index is 11.3. The number of benzene rings is 1. The van der Waals surface area contributed by atoms with E-state index in [1.54, 1.807) is 25.2 Å². The average Bonchev–Trinajstić information content (AvgIpc) is 2.87. The van der Waals surface area contributed by atoms with Gasteiger partial charge in [0.05, 0.1) is 16.8 Å². The number of hydrogen-bond acceptors (Lipinski definition) is 8. The van der Waals surface area contributed by atoms with Gasteiger partial charge in [0.25, 0.3) is 10.0 Å². The molecule has 22 heavy (non-hydrogen) atoms. The first-order chi connectivity index (χ1) is 10.4. The standard InChI is InChI=1S/C12H15N3O5S2/c1-14-7-11(16)20-5-4-19-8-2-3-9-10(6-8)21-12(15-9)22(13,17)18/h2-3,6,14H,4-5,7H2,1H3,(H2,13,17,18). The number of sulfonamides is 1. The molecule has 0 atom stereocenters. The molecule has 2 rings (SSSR count). The molecule has 10 heteroatoms. The normalized spacial score (nSPS) is 11.5. The molecule has 0 saturated heterocycles. The summed E-state index contributed by atoms with van der Waals surface area (Å²) in [4.78, 5) is 15.0. The Balaban J connectivity index is 1.97. The first kappa shape index (κ1) is 16.6. The molecule has 0 bridgehead atoms. The van der Waals surface area contributed by atoms with Crippen LogP contribution in [-0.4, -0.2) is 46.2 Å². The van der Waals surface area contributed by atoms with Crippen LogP contribution in [0, 0.1) is 0 Å². The largest absolute Gasteiger partial charge is 0.490 e. The highest BCUT2D eigenvalue weighted by molar-refractivity contribution is 7.91. The summed E-state index contributed by atoms with van der Waals surface area (Å²) in [6, 6.07) is 4.96. The number of likely N-dealkylation sites (N-methyl/N-ethyl adjacent to an activating group) is 1. The second-order valence-electron chi connectivity index (χ2n) is 4.25. The number of nitrogens with one attached hydrogen (secondary N) is 1. The lowest BCUT2D eigenvalue weighted by Gasteiger charge is -2.07. The number of ether oxygens (including phenoxy) is 2. The summed E-state index contributed by atoms with van der Waals surface area (Å²) in [7, 11) is -2.16. The summed E-state index contributed by atoms with van der Waals surface area (Å²) in [6.07, 6.45) is 0. The van der Waals surface area contributed by atoms with Gasteiger partial charge in [-0.1, -0.05) is 0 Å². The van der Waals surface area contributed by atoms with Gasteiger partial charge in [-0.15, -0.1) is 11.3 Å². The van der Waals surface area contributed by atoms with Crippen LogP contribution in [-0.2, 0) is 19.6 Å². The van der Waals surface area contributed by atoms with Crippen LogP contribution in [0.4, 0.5) is 0 Å².